The number of carboxylic acid groups (broad SMARTS) is 1. The molecule has 1 atom stereocenters. The second kappa shape index (κ2) is 16.3. The molecule has 1 aliphatic rings. The van der Waals surface area contributed by atoms with Crippen molar-refractivity contribution in [2.45, 2.75) is 96.8 Å². The van der Waals surface area contributed by atoms with Gasteiger partial charge in [-0.25, -0.2) is 9.48 Å². The molecule has 0 aliphatic carbocycles. The van der Waals surface area contributed by atoms with Gasteiger partial charge in [0.2, 0.25) is 5.84 Å². The third-order valence-corrected chi connectivity index (χ3v) is 5.69. The minimum absolute atomic E-state index is 0.0733. The van der Waals surface area contributed by atoms with Crippen molar-refractivity contribution in [2.24, 2.45) is 10.7 Å². The zero-order valence-corrected chi connectivity index (χ0v) is 18.6. The molecule has 1 rings (SSSR count). The highest BCUT2D eigenvalue weighted by Crippen LogP contribution is 2.20. The van der Waals surface area contributed by atoms with Gasteiger partial charge in [0.1, 0.15) is 19.3 Å². The lowest BCUT2D eigenvalue weighted by Gasteiger charge is -2.32. The highest BCUT2D eigenvalue weighted by atomic mass is 16.4. The Balaban J connectivity index is 2.04. The van der Waals surface area contributed by atoms with Crippen molar-refractivity contribution >= 4 is 11.8 Å². The number of allylic oxidation sites excluding steroid dienone is 2. The second-order valence-corrected chi connectivity index (χ2v) is 8.25. The number of carbonyl (C=O) groups is 1. The molecule has 0 aromatic carbocycles. The average Bonchev–Trinajstić information content (AvgIpc) is 3.06. The summed E-state index contributed by atoms with van der Waals surface area (Å²) in [5.41, 5.74) is 5.69. The number of amidine groups is 1. The molecule has 0 saturated heterocycles. The number of hydrogen-bond donors (Lipinski definition) is 1. The molecule has 1 unspecified atom stereocenters. The van der Waals surface area contributed by atoms with E-state index in [1.165, 1.54) is 64.2 Å². The molecule has 29 heavy (non-hydrogen) atoms. The van der Waals surface area contributed by atoms with Crippen molar-refractivity contribution in [2.75, 3.05) is 19.6 Å². The fourth-order valence-electron chi connectivity index (χ4n) is 3.98. The van der Waals surface area contributed by atoms with E-state index in [0.29, 0.717) is 13.1 Å². The van der Waals surface area contributed by atoms with Crippen LogP contribution in [0.3, 0.4) is 0 Å². The fourth-order valence-corrected chi connectivity index (χ4v) is 3.98. The van der Waals surface area contributed by atoms with Crippen LogP contribution in [-0.2, 0) is 4.79 Å². The van der Waals surface area contributed by atoms with E-state index >= 15 is 0 Å². The summed E-state index contributed by atoms with van der Waals surface area (Å²) < 4.78 is 0.236. The van der Waals surface area contributed by atoms with Crippen LogP contribution >= 0.6 is 0 Å². The number of nitrogens with zero attached hydrogens (tertiary/aromatic N) is 2. The van der Waals surface area contributed by atoms with Gasteiger partial charge in [-0.2, -0.15) is 0 Å². The van der Waals surface area contributed by atoms with E-state index in [4.69, 9.17) is 5.73 Å². The largest absolute Gasteiger partial charge is 0.544 e. The molecule has 0 amide bonds. The van der Waals surface area contributed by atoms with Gasteiger partial charge in [-0.15, -0.1) is 0 Å². The zero-order valence-electron chi connectivity index (χ0n) is 18.6. The SMILES string of the molecule is CCCCCCCCC/C=C/CCCCCCC1=NC=C[N+]1(CCN)CC(=O)[O-]. The highest BCUT2D eigenvalue weighted by molar-refractivity contribution is 5.80. The predicted molar refractivity (Wildman–Crippen MR) is 120 cm³/mol. The summed E-state index contributed by atoms with van der Waals surface area (Å²) in [6, 6.07) is 0. The molecule has 0 bridgehead atoms. The summed E-state index contributed by atoms with van der Waals surface area (Å²) in [7, 11) is 0. The number of rotatable bonds is 19. The van der Waals surface area contributed by atoms with E-state index in [0.717, 1.165) is 31.5 Å². The molecular formula is C24H43N3O2. The number of aliphatic imine (C=N–C) groups is 1. The van der Waals surface area contributed by atoms with Crippen LogP contribution in [0, 0.1) is 0 Å². The van der Waals surface area contributed by atoms with Crippen molar-refractivity contribution in [3.8, 4) is 0 Å². The summed E-state index contributed by atoms with van der Waals surface area (Å²) in [5.74, 6) is -0.143. The van der Waals surface area contributed by atoms with Crippen LogP contribution in [0.25, 0.3) is 0 Å². The lowest BCUT2D eigenvalue weighted by Crippen LogP contribution is -2.55. The molecule has 166 valence electrons. The monoisotopic (exact) mass is 405 g/mol. The third-order valence-electron chi connectivity index (χ3n) is 5.69. The topological polar surface area (TPSA) is 78.5 Å². The van der Waals surface area contributed by atoms with Crippen LogP contribution in [0.15, 0.2) is 29.5 Å². The molecular weight excluding hydrogens is 362 g/mol. The van der Waals surface area contributed by atoms with Crippen LogP contribution in [0.1, 0.15) is 96.8 Å². The van der Waals surface area contributed by atoms with Crippen LogP contribution in [0.2, 0.25) is 0 Å². The molecule has 0 aromatic heterocycles. The van der Waals surface area contributed by atoms with Crippen molar-refractivity contribution in [1.82, 2.24) is 0 Å². The normalized spacial score (nSPS) is 18.6. The first-order valence-electron chi connectivity index (χ1n) is 11.8. The molecule has 0 fully saturated rings. The Morgan fingerprint density at radius 2 is 1.59 bits per heavy atom. The molecule has 1 heterocycles. The second-order valence-electron chi connectivity index (χ2n) is 8.25. The maximum atomic E-state index is 11.1. The molecule has 0 aromatic rings. The van der Waals surface area contributed by atoms with Gasteiger partial charge in [-0.05, 0) is 32.1 Å². The number of aliphatic carboxylic acids is 1. The van der Waals surface area contributed by atoms with Crippen LogP contribution < -0.4 is 10.8 Å². The lowest BCUT2D eigenvalue weighted by molar-refractivity contribution is -0.780. The van der Waals surface area contributed by atoms with Gasteiger partial charge in [0.15, 0.2) is 0 Å². The summed E-state index contributed by atoms with van der Waals surface area (Å²) in [4.78, 5) is 15.5. The number of hydrogen-bond acceptors (Lipinski definition) is 4. The quantitative estimate of drug-likeness (QED) is 0.196. The smallest absolute Gasteiger partial charge is 0.207 e. The van der Waals surface area contributed by atoms with Gasteiger partial charge in [0.25, 0.3) is 0 Å². The molecule has 5 heteroatoms. The lowest BCUT2D eigenvalue weighted by atomic mass is 10.1. The maximum Gasteiger partial charge on any atom is 0.207 e. The number of nitrogens with two attached hydrogens (primary N) is 1. The van der Waals surface area contributed by atoms with Crippen molar-refractivity contribution < 1.29 is 14.4 Å². The van der Waals surface area contributed by atoms with Gasteiger partial charge in [0.05, 0.1) is 12.2 Å². The van der Waals surface area contributed by atoms with E-state index in [1.807, 2.05) is 6.20 Å². The number of carbonyl (C=O) groups excluding carboxylic acids is 1. The Hall–Kier alpha value is -1.46. The minimum atomic E-state index is -1.05. The Kier molecular flexibility index (Phi) is 14.4. The summed E-state index contributed by atoms with van der Waals surface area (Å²) in [5, 5.41) is 11.1. The number of quaternary nitrogens is 1. The first-order chi connectivity index (χ1) is 14.1. The molecule has 0 spiro atoms. The molecule has 0 radical (unpaired) electrons. The fraction of sp³-hybridized carbons (Fsp3) is 0.750. The molecule has 5 nitrogen and oxygen atoms in total. The molecule has 2 N–H and O–H groups in total. The van der Waals surface area contributed by atoms with Crippen molar-refractivity contribution in [1.29, 1.82) is 0 Å². The summed E-state index contributed by atoms with van der Waals surface area (Å²) in [6.07, 6.45) is 25.7. The standard InChI is InChI=1S/C24H43N3O2/c1-2-3-4-5-6-7-8-9-10-11-12-13-14-15-16-17-23-26-19-21-27(23,20-18-25)22-24(28)29/h10-11,19,21H,2-9,12-18,20,22,25H2,1H3/b11-10+. The minimum Gasteiger partial charge on any atom is -0.544 e. The van der Waals surface area contributed by atoms with E-state index in [9.17, 15) is 9.90 Å². The molecule has 1 aliphatic heterocycles. The maximum absolute atomic E-state index is 11.1. The van der Waals surface area contributed by atoms with Crippen molar-refractivity contribution in [3.63, 3.8) is 0 Å². The zero-order chi connectivity index (χ0) is 21.2. The first kappa shape index (κ1) is 25.6. The average molecular weight is 406 g/mol. The summed E-state index contributed by atoms with van der Waals surface area (Å²) >= 11 is 0. The van der Waals surface area contributed by atoms with Gasteiger partial charge in [-0.1, -0.05) is 70.4 Å². The van der Waals surface area contributed by atoms with Gasteiger partial charge in [0, 0.05) is 13.0 Å². The molecule has 0 saturated carbocycles. The van der Waals surface area contributed by atoms with Gasteiger partial charge in [-0.3, -0.25) is 0 Å². The van der Waals surface area contributed by atoms with Crippen LogP contribution in [0.4, 0.5) is 0 Å². The first-order valence-corrected chi connectivity index (χ1v) is 11.8. The summed E-state index contributed by atoms with van der Waals surface area (Å²) in [6.45, 7) is 3.19. The Labute approximate surface area is 178 Å². The third kappa shape index (κ3) is 11.3. The van der Waals surface area contributed by atoms with Crippen LogP contribution in [-0.4, -0.2) is 35.9 Å². The Bertz CT molecular complexity index is 528. The van der Waals surface area contributed by atoms with E-state index < -0.39 is 5.97 Å². The predicted octanol–water partition coefficient (Wildman–Crippen LogP) is 4.43. The van der Waals surface area contributed by atoms with Gasteiger partial charge < -0.3 is 15.6 Å². The Morgan fingerprint density at radius 3 is 2.17 bits per heavy atom. The number of carboxylic acids is 1. The van der Waals surface area contributed by atoms with E-state index in [-0.39, 0.29) is 11.0 Å². The van der Waals surface area contributed by atoms with Crippen LogP contribution in [0.5, 0.6) is 0 Å². The Morgan fingerprint density at radius 1 is 1.00 bits per heavy atom. The van der Waals surface area contributed by atoms with Crippen molar-refractivity contribution in [3.05, 3.63) is 24.6 Å². The number of unbranched alkanes of at least 4 members (excludes halogenated alkanes) is 11. The van der Waals surface area contributed by atoms with E-state index in [2.05, 4.69) is 24.1 Å². The van der Waals surface area contributed by atoms with E-state index in [1.54, 1.807) is 6.20 Å². The highest BCUT2D eigenvalue weighted by Gasteiger charge is 2.34. The van der Waals surface area contributed by atoms with Gasteiger partial charge >= 0.3 is 0 Å².